The van der Waals surface area contributed by atoms with Crippen molar-refractivity contribution in [2.45, 2.75) is 17.9 Å². The minimum Gasteiger partial charge on any atom is -0.497 e. The number of piperazine rings is 1. The molecule has 0 unspecified atom stereocenters. The molecular weight excluding hydrogens is 439 g/mol. The molecule has 0 radical (unpaired) electrons. The van der Waals surface area contributed by atoms with E-state index >= 15 is 0 Å². The van der Waals surface area contributed by atoms with E-state index in [0.29, 0.717) is 24.5 Å². The smallest absolute Gasteiger partial charge is 0.313 e. The third-order valence-corrected chi connectivity index (χ3v) is 6.97. The van der Waals surface area contributed by atoms with Gasteiger partial charge in [-0.05, 0) is 30.3 Å². The molecule has 3 rings (SSSR count). The average Bonchev–Trinajstić information content (AvgIpc) is 2.78. The first kappa shape index (κ1) is 23.5. The van der Waals surface area contributed by atoms with Crippen molar-refractivity contribution in [3.63, 3.8) is 0 Å². The van der Waals surface area contributed by atoms with Gasteiger partial charge >= 0.3 is 5.97 Å². The Bertz CT molecular complexity index is 1080. The van der Waals surface area contributed by atoms with Gasteiger partial charge in [0.1, 0.15) is 24.6 Å². The highest BCUT2D eigenvalue weighted by atomic mass is 32.2. The van der Waals surface area contributed by atoms with E-state index in [2.05, 4.69) is 0 Å². The Morgan fingerprint density at radius 1 is 1.12 bits per heavy atom. The first-order valence-electron chi connectivity index (χ1n) is 9.87. The fourth-order valence-electron chi connectivity index (χ4n) is 3.35. The molecule has 1 aliphatic rings. The van der Waals surface area contributed by atoms with E-state index in [0.717, 1.165) is 0 Å². The second-order valence-corrected chi connectivity index (χ2v) is 9.12. The van der Waals surface area contributed by atoms with Gasteiger partial charge in [0, 0.05) is 31.7 Å². The maximum Gasteiger partial charge on any atom is 0.313 e. The molecule has 1 heterocycles. The van der Waals surface area contributed by atoms with Gasteiger partial charge in [-0.1, -0.05) is 12.1 Å². The van der Waals surface area contributed by atoms with E-state index in [1.165, 1.54) is 29.6 Å². The van der Waals surface area contributed by atoms with Gasteiger partial charge in [-0.2, -0.15) is 4.31 Å². The van der Waals surface area contributed by atoms with Crippen LogP contribution in [0.2, 0.25) is 0 Å². The molecule has 3 N–H and O–H groups in total. The number of carbonyl (C=O) groups excluding carboxylic acids is 1. The number of sulfonamides is 1. The van der Waals surface area contributed by atoms with E-state index < -0.39 is 21.8 Å². The van der Waals surface area contributed by atoms with Crippen LogP contribution in [0.3, 0.4) is 0 Å². The van der Waals surface area contributed by atoms with Crippen molar-refractivity contribution in [1.29, 1.82) is 5.41 Å². The fraction of sp³-hybridized carbons (Fsp3) is 0.333. The van der Waals surface area contributed by atoms with Crippen molar-refractivity contribution in [3.05, 3.63) is 53.8 Å². The normalized spacial score (nSPS) is 14.8. The van der Waals surface area contributed by atoms with Crippen molar-refractivity contribution in [2.75, 3.05) is 38.2 Å². The first-order valence-corrected chi connectivity index (χ1v) is 11.3. The second-order valence-electron chi connectivity index (χ2n) is 7.18. The zero-order valence-electron chi connectivity index (χ0n) is 17.6. The zero-order valence-corrected chi connectivity index (χ0v) is 18.4. The third-order valence-electron chi connectivity index (χ3n) is 5.06. The number of hydrogen-bond donors (Lipinski definition) is 2. The van der Waals surface area contributed by atoms with Gasteiger partial charge in [-0.3, -0.25) is 10.2 Å². The van der Waals surface area contributed by atoms with Crippen LogP contribution >= 0.6 is 0 Å². The lowest BCUT2D eigenvalue weighted by molar-refractivity contribution is -0.143. The largest absolute Gasteiger partial charge is 0.497 e. The predicted octanol–water partition coefficient (Wildman–Crippen LogP) is 1.71. The zero-order chi connectivity index (χ0) is 23.3. The molecule has 0 amide bonds. The Kier molecular flexibility index (Phi) is 7.31. The molecule has 1 aliphatic heterocycles. The van der Waals surface area contributed by atoms with Gasteiger partial charge in [0.2, 0.25) is 10.0 Å². The molecule has 1 fully saturated rings. The Hall–Kier alpha value is -3.18. The van der Waals surface area contributed by atoms with E-state index in [1.54, 1.807) is 29.2 Å². The van der Waals surface area contributed by atoms with Gasteiger partial charge in [-0.25, -0.2) is 12.8 Å². The summed E-state index contributed by atoms with van der Waals surface area (Å²) in [6, 6.07) is 10.9. The molecule has 0 saturated carbocycles. The van der Waals surface area contributed by atoms with E-state index in [-0.39, 0.29) is 42.4 Å². The maximum absolute atomic E-state index is 15.0. The summed E-state index contributed by atoms with van der Waals surface area (Å²) in [6.45, 7) is 0.731. The van der Waals surface area contributed by atoms with Crippen LogP contribution < -0.4 is 15.4 Å². The second kappa shape index (κ2) is 9.96. The van der Waals surface area contributed by atoms with E-state index in [9.17, 15) is 17.6 Å². The Labute approximate surface area is 186 Å². The summed E-state index contributed by atoms with van der Waals surface area (Å²) in [4.78, 5) is 13.5. The Morgan fingerprint density at radius 2 is 1.78 bits per heavy atom. The van der Waals surface area contributed by atoms with E-state index in [4.69, 9.17) is 20.6 Å². The van der Waals surface area contributed by atoms with Crippen LogP contribution in [0.15, 0.2) is 47.4 Å². The quantitative estimate of drug-likeness (QED) is 0.346. The summed E-state index contributed by atoms with van der Waals surface area (Å²) in [5, 5.41) is 7.10. The van der Waals surface area contributed by atoms with Crippen LogP contribution in [-0.2, 0) is 26.2 Å². The molecule has 1 saturated heterocycles. The van der Waals surface area contributed by atoms with Crippen LogP contribution in [0.5, 0.6) is 5.75 Å². The molecule has 32 heavy (non-hydrogen) atoms. The lowest BCUT2D eigenvalue weighted by Gasteiger charge is -2.35. The van der Waals surface area contributed by atoms with Crippen molar-refractivity contribution in [3.8, 4) is 5.75 Å². The van der Waals surface area contributed by atoms with Crippen molar-refractivity contribution in [2.24, 2.45) is 5.73 Å². The minimum absolute atomic E-state index is 0.173. The predicted molar refractivity (Wildman–Crippen MR) is 117 cm³/mol. The average molecular weight is 465 g/mol. The number of amidine groups is 1. The fourth-order valence-corrected chi connectivity index (χ4v) is 4.78. The number of halogens is 1. The number of esters is 1. The van der Waals surface area contributed by atoms with Gasteiger partial charge in [0.05, 0.1) is 17.7 Å². The van der Waals surface area contributed by atoms with Crippen molar-refractivity contribution < 1.29 is 27.1 Å². The lowest BCUT2D eigenvalue weighted by atomic mass is 10.1. The molecule has 0 spiro atoms. The first-order chi connectivity index (χ1) is 15.2. The molecule has 0 bridgehead atoms. The van der Waals surface area contributed by atoms with Crippen LogP contribution in [0, 0.1) is 11.2 Å². The highest BCUT2D eigenvalue weighted by Gasteiger charge is 2.29. The monoisotopic (exact) mass is 464 g/mol. The summed E-state index contributed by atoms with van der Waals surface area (Å²) in [5.74, 6) is -1.00. The highest BCUT2D eigenvalue weighted by molar-refractivity contribution is 7.89. The number of carbonyl (C=O) groups is 1. The third kappa shape index (κ3) is 5.35. The van der Waals surface area contributed by atoms with Crippen molar-refractivity contribution in [1.82, 2.24) is 4.31 Å². The number of nitrogens with zero attached hydrogens (tertiary/aromatic N) is 2. The lowest BCUT2D eigenvalue weighted by Crippen LogP contribution is -2.49. The molecule has 0 aliphatic carbocycles. The number of rotatable bonds is 8. The molecule has 0 atom stereocenters. The maximum atomic E-state index is 15.0. The van der Waals surface area contributed by atoms with Gasteiger partial charge < -0.3 is 20.1 Å². The van der Waals surface area contributed by atoms with Crippen molar-refractivity contribution >= 4 is 27.5 Å². The summed E-state index contributed by atoms with van der Waals surface area (Å²) >= 11 is 0. The molecule has 9 nitrogen and oxygen atoms in total. The molecule has 2 aromatic rings. The minimum atomic E-state index is -3.67. The van der Waals surface area contributed by atoms with Crippen LogP contribution in [0.1, 0.15) is 12.0 Å². The number of anilines is 1. The summed E-state index contributed by atoms with van der Waals surface area (Å²) in [6.07, 6.45) is -0.355. The number of ether oxygens (including phenoxy) is 2. The number of nitrogens with one attached hydrogen (secondary N) is 1. The number of hydrogen-bond acceptors (Lipinski definition) is 7. The molecule has 0 aromatic heterocycles. The summed E-state index contributed by atoms with van der Waals surface area (Å²) < 4.78 is 52.2. The Balaban J connectivity index is 1.65. The van der Waals surface area contributed by atoms with E-state index in [1.807, 2.05) is 0 Å². The van der Waals surface area contributed by atoms with Crippen LogP contribution in [0.25, 0.3) is 0 Å². The van der Waals surface area contributed by atoms with Crippen LogP contribution in [0.4, 0.5) is 10.1 Å². The van der Waals surface area contributed by atoms with Gasteiger partial charge in [-0.15, -0.1) is 0 Å². The topological polar surface area (TPSA) is 126 Å². The number of nitrogens with two attached hydrogens (primary N) is 1. The Morgan fingerprint density at radius 3 is 2.38 bits per heavy atom. The molecule has 2 aromatic carbocycles. The van der Waals surface area contributed by atoms with Crippen LogP contribution in [-0.4, -0.2) is 57.8 Å². The standard InChI is InChI=1S/C21H25FN4O5S/c1-30-16-5-7-17(8-6-16)32(28,29)26-11-9-25(10-12-26)18-4-2-3-15(21(18)22)14-31-20(27)13-19(23)24/h2-8H,9-14H2,1H3,(H3,23,24). The van der Waals surface area contributed by atoms with Gasteiger partial charge in [0.25, 0.3) is 0 Å². The summed E-state index contributed by atoms with van der Waals surface area (Å²) in [5.41, 5.74) is 5.65. The van der Waals surface area contributed by atoms with Gasteiger partial charge in [0.15, 0.2) is 5.82 Å². The summed E-state index contributed by atoms with van der Waals surface area (Å²) in [7, 11) is -2.16. The SMILES string of the molecule is COc1ccc(S(=O)(=O)N2CCN(c3cccc(COC(=O)CC(=N)N)c3F)CC2)cc1. The number of methoxy groups -OCH3 is 1. The molecule has 172 valence electrons. The molecular formula is C21H25FN4O5S. The highest BCUT2D eigenvalue weighted by Crippen LogP contribution is 2.26. The molecule has 11 heteroatoms. The number of benzene rings is 2.